The summed E-state index contributed by atoms with van der Waals surface area (Å²) in [7, 11) is 0. The van der Waals surface area contributed by atoms with Crippen molar-refractivity contribution in [1.82, 2.24) is 9.55 Å². The molecule has 3 atom stereocenters. The Morgan fingerprint density at radius 2 is 2.25 bits per heavy atom. The molecular weight excluding hydrogens is 252 g/mol. The summed E-state index contributed by atoms with van der Waals surface area (Å²) >= 11 is 0. The summed E-state index contributed by atoms with van der Waals surface area (Å²) in [6, 6.07) is 5.17. The van der Waals surface area contributed by atoms with Gasteiger partial charge < -0.3 is 9.67 Å². The van der Waals surface area contributed by atoms with Gasteiger partial charge in [-0.25, -0.2) is 9.78 Å². The predicted octanol–water partition coefficient (Wildman–Crippen LogP) is 3.17. The Morgan fingerprint density at radius 3 is 2.95 bits per heavy atom. The van der Waals surface area contributed by atoms with Crippen molar-refractivity contribution in [3.63, 3.8) is 0 Å². The Bertz CT molecular complexity index is 676. The van der Waals surface area contributed by atoms with E-state index in [2.05, 4.69) is 9.55 Å². The second-order valence-electron chi connectivity index (χ2n) is 6.34. The lowest BCUT2D eigenvalue weighted by Crippen LogP contribution is -2.16. The van der Waals surface area contributed by atoms with Gasteiger partial charge in [-0.05, 0) is 55.2 Å². The number of rotatable bonds is 3. The fourth-order valence-electron chi connectivity index (χ4n) is 4.19. The third-order valence-corrected chi connectivity index (χ3v) is 5.18. The molecule has 1 aromatic carbocycles. The summed E-state index contributed by atoms with van der Waals surface area (Å²) in [6.07, 6.45) is 7.39. The minimum absolute atomic E-state index is 0.340. The van der Waals surface area contributed by atoms with Crippen molar-refractivity contribution < 1.29 is 9.90 Å². The van der Waals surface area contributed by atoms with Crippen LogP contribution in [0.3, 0.4) is 0 Å². The molecule has 1 heterocycles. The zero-order valence-electron chi connectivity index (χ0n) is 11.3. The fraction of sp³-hybridized carbons (Fsp3) is 0.500. The Labute approximate surface area is 117 Å². The third-order valence-electron chi connectivity index (χ3n) is 5.18. The number of benzene rings is 1. The number of carboxylic acid groups (broad SMARTS) is 1. The standard InChI is InChI=1S/C16H18N2O2/c19-16(20)12-3-4-14-15(7-12)18(9-17-14)8-13-6-10-1-2-11(13)5-10/h3-4,7,9-11,13H,1-2,5-6,8H2,(H,19,20). The number of nitrogens with zero attached hydrogens (tertiary/aromatic N) is 2. The quantitative estimate of drug-likeness (QED) is 0.932. The molecule has 4 nitrogen and oxygen atoms in total. The number of fused-ring (bicyclic) bond motifs is 3. The first-order valence-electron chi connectivity index (χ1n) is 7.39. The van der Waals surface area contributed by atoms with Crippen molar-refractivity contribution >= 4 is 17.0 Å². The summed E-state index contributed by atoms with van der Waals surface area (Å²) in [4.78, 5) is 15.5. The van der Waals surface area contributed by atoms with E-state index in [1.165, 1.54) is 25.7 Å². The van der Waals surface area contributed by atoms with Crippen LogP contribution in [-0.2, 0) is 6.54 Å². The summed E-state index contributed by atoms with van der Waals surface area (Å²) in [5.41, 5.74) is 2.18. The summed E-state index contributed by atoms with van der Waals surface area (Å²) in [6.45, 7) is 0.987. The maximum atomic E-state index is 11.1. The fourth-order valence-corrected chi connectivity index (χ4v) is 4.19. The smallest absolute Gasteiger partial charge is 0.335 e. The molecule has 0 spiro atoms. The molecule has 4 rings (SSSR count). The molecule has 1 aromatic heterocycles. The molecule has 0 saturated heterocycles. The van der Waals surface area contributed by atoms with Gasteiger partial charge in [0.1, 0.15) is 0 Å². The Kier molecular flexibility index (Phi) is 2.59. The lowest BCUT2D eigenvalue weighted by molar-refractivity contribution is 0.0697. The highest BCUT2D eigenvalue weighted by Crippen LogP contribution is 2.48. The molecule has 4 heteroatoms. The zero-order valence-corrected chi connectivity index (χ0v) is 11.3. The lowest BCUT2D eigenvalue weighted by atomic mass is 9.89. The molecule has 0 aliphatic heterocycles. The van der Waals surface area contributed by atoms with Crippen molar-refractivity contribution in [3.8, 4) is 0 Å². The van der Waals surface area contributed by atoms with Crippen molar-refractivity contribution in [1.29, 1.82) is 0 Å². The molecule has 0 amide bonds. The Balaban J connectivity index is 1.66. The van der Waals surface area contributed by atoms with Crippen LogP contribution in [0.5, 0.6) is 0 Å². The van der Waals surface area contributed by atoms with Crippen LogP contribution in [0.15, 0.2) is 24.5 Å². The van der Waals surface area contributed by atoms with E-state index in [0.29, 0.717) is 5.56 Å². The first-order valence-corrected chi connectivity index (χ1v) is 7.39. The van der Waals surface area contributed by atoms with E-state index in [1.54, 1.807) is 18.2 Å². The van der Waals surface area contributed by atoms with Gasteiger partial charge in [0.25, 0.3) is 0 Å². The van der Waals surface area contributed by atoms with Crippen LogP contribution in [0.4, 0.5) is 0 Å². The molecule has 2 aliphatic carbocycles. The van der Waals surface area contributed by atoms with E-state index >= 15 is 0 Å². The lowest BCUT2D eigenvalue weighted by Gasteiger charge is -2.22. The number of hydrogen-bond acceptors (Lipinski definition) is 2. The van der Waals surface area contributed by atoms with E-state index in [-0.39, 0.29) is 0 Å². The summed E-state index contributed by atoms with van der Waals surface area (Å²) in [5, 5.41) is 9.11. The molecule has 104 valence electrons. The van der Waals surface area contributed by atoms with Gasteiger partial charge in [0, 0.05) is 6.54 Å². The second kappa shape index (κ2) is 4.33. The average molecular weight is 270 g/mol. The number of imidazole rings is 1. The van der Waals surface area contributed by atoms with Crippen LogP contribution in [0.25, 0.3) is 11.0 Å². The minimum atomic E-state index is -0.875. The van der Waals surface area contributed by atoms with Crippen molar-refractivity contribution in [3.05, 3.63) is 30.1 Å². The first kappa shape index (κ1) is 11.9. The van der Waals surface area contributed by atoms with Gasteiger partial charge in [-0.3, -0.25) is 0 Å². The molecule has 2 fully saturated rings. The summed E-state index contributed by atoms with van der Waals surface area (Å²) < 4.78 is 2.15. The van der Waals surface area contributed by atoms with Crippen LogP contribution in [-0.4, -0.2) is 20.6 Å². The number of hydrogen-bond donors (Lipinski definition) is 1. The molecule has 20 heavy (non-hydrogen) atoms. The number of carbonyl (C=O) groups is 1. The highest BCUT2D eigenvalue weighted by molar-refractivity contribution is 5.92. The topological polar surface area (TPSA) is 55.1 Å². The largest absolute Gasteiger partial charge is 0.478 e. The molecule has 2 aliphatic rings. The molecule has 3 unspecified atom stereocenters. The van der Waals surface area contributed by atoms with Crippen molar-refractivity contribution in [2.24, 2.45) is 17.8 Å². The van der Waals surface area contributed by atoms with Gasteiger partial charge in [0.15, 0.2) is 0 Å². The minimum Gasteiger partial charge on any atom is -0.478 e. The monoisotopic (exact) mass is 270 g/mol. The average Bonchev–Trinajstić information content (AvgIpc) is 3.14. The van der Waals surface area contributed by atoms with Crippen molar-refractivity contribution in [2.75, 3.05) is 0 Å². The van der Waals surface area contributed by atoms with Gasteiger partial charge in [-0.2, -0.15) is 0 Å². The van der Waals surface area contributed by atoms with Crippen molar-refractivity contribution in [2.45, 2.75) is 32.2 Å². The Hall–Kier alpha value is -1.84. The van der Waals surface area contributed by atoms with E-state index in [4.69, 9.17) is 5.11 Å². The maximum Gasteiger partial charge on any atom is 0.335 e. The van der Waals surface area contributed by atoms with Gasteiger partial charge in [0.05, 0.1) is 22.9 Å². The predicted molar refractivity (Wildman–Crippen MR) is 75.6 cm³/mol. The van der Waals surface area contributed by atoms with Gasteiger partial charge in [-0.15, -0.1) is 0 Å². The highest BCUT2D eigenvalue weighted by atomic mass is 16.4. The molecule has 2 saturated carbocycles. The third kappa shape index (κ3) is 1.82. The SMILES string of the molecule is O=C(O)c1ccc2ncn(CC3CC4CCC3C4)c2c1. The van der Waals surface area contributed by atoms with Crippen LogP contribution < -0.4 is 0 Å². The van der Waals surface area contributed by atoms with E-state index in [0.717, 1.165) is 35.3 Å². The number of aromatic nitrogens is 2. The molecule has 1 N–H and O–H groups in total. The Morgan fingerprint density at radius 1 is 1.35 bits per heavy atom. The molecular formula is C16H18N2O2. The van der Waals surface area contributed by atoms with Crippen LogP contribution in [0.2, 0.25) is 0 Å². The highest BCUT2D eigenvalue weighted by Gasteiger charge is 2.39. The molecule has 2 bridgehead atoms. The van der Waals surface area contributed by atoms with Gasteiger partial charge in [-0.1, -0.05) is 6.42 Å². The van der Waals surface area contributed by atoms with Gasteiger partial charge >= 0.3 is 5.97 Å². The summed E-state index contributed by atoms with van der Waals surface area (Å²) in [5.74, 6) is 1.69. The normalized spacial score (nSPS) is 28.3. The first-order chi connectivity index (χ1) is 9.70. The molecule has 2 aromatic rings. The van der Waals surface area contributed by atoms with Crippen LogP contribution in [0, 0.1) is 17.8 Å². The number of aromatic carboxylic acids is 1. The number of carboxylic acids is 1. The van der Waals surface area contributed by atoms with Gasteiger partial charge in [0.2, 0.25) is 0 Å². The van der Waals surface area contributed by atoms with E-state index < -0.39 is 5.97 Å². The van der Waals surface area contributed by atoms with Crippen LogP contribution >= 0.6 is 0 Å². The van der Waals surface area contributed by atoms with E-state index in [1.807, 2.05) is 6.33 Å². The maximum absolute atomic E-state index is 11.1. The molecule has 0 radical (unpaired) electrons. The van der Waals surface area contributed by atoms with E-state index in [9.17, 15) is 4.79 Å². The van der Waals surface area contributed by atoms with Crippen LogP contribution in [0.1, 0.15) is 36.0 Å². The zero-order chi connectivity index (χ0) is 13.7. The second-order valence-corrected chi connectivity index (χ2v) is 6.34.